The summed E-state index contributed by atoms with van der Waals surface area (Å²) in [6.45, 7) is 2.18. The second-order valence-corrected chi connectivity index (χ2v) is 4.36. The highest BCUT2D eigenvalue weighted by Gasteiger charge is 2.11. The van der Waals surface area contributed by atoms with Crippen molar-refractivity contribution in [3.05, 3.63) is 59.7 Å². The number of ether oxygens (including phenoxy) is 2. The fourth-order valence-electron chi connectivity index (χ4n) is 1.93. The molecule has 2 aromatic rings. The average molecular weight is 258 g/mol. The molecule has 100 valence electrons. The van der Waals surface area contributed by atoms with Crippen LogP contribution in [0.2, 0.25) is 0 Å². The van der Waals surface area contributed by atoms with Crippen molar-refractivity contribution in [2.45, 2.75) is 13.0 Å². The smallest absolute Gasteiger partial charge is 0.119 e. The summed E-state index contributed by atoms with van der Waals surface area (Å²) in [7, 11) is 1.63. The molecule has 0 aliphatic rings. The van der Waals surface area contributed by atoms with Gasteiger partial charge in [0.1, 0.15) is 24.2 Å². The van der Waals surface area contributed by atoms with Gasteiger partial charge in [0.25, 0.3) is 0 Å². The summed E-state index contributed by atoms with van der Waals surface area (Å²) in [6, 6.07) is 15.1. The van der Waals surface area contributed by atoms with E-state index in [4.69, 9.17) is 9.47 Å². The van der Waals surface area contributed by atoms with Gasteiger partial charge in [-0.15, -0.1) is 0 Å². The number of para-hydroxylation sites is 1. The highest BCUT2D eigenvalue weighted by molar-refractivity contribution is 5.36. The van der Waals surface area contributed by atoms with Crippen molar-refractivity contribution in [3.8, 4) is 11.5 Å². The van der Waals surface area contributed by atoms with Crippen LogP contribution in [-0.4, -0.2) is 18.8 Å². The molecule has 19 heavy (non-hydrogen) atoms. The van der Waals surface area contributed by atoms with E-state index in [2.05, 4.69) is 0 Å². The topological polar surface area (TPSA) is 38.7 Å². The van der Waals surface area contributed by atoms with Crippen molar-refractivity contribution < 1.29 is 14.6 Å². The van der Waals surface area contributed by atoms with Gasteiger partial charge in [0, 0.05) is 0 Å². The molecule has 0 aliphatic carbocycles. The number of hydrogen-bond donors (Lipinski definition) is 1. The molecule has 0 aromatic heterocycles. The molecule has 3 nitrogen and oxygen atoms in total. The summed E-state index contributed by atoms with van der Waals surface area (Å²) in [5.41, 5.74) is 1.85. The van der Waals surface area contributed by atoms with E-state index in [9.17, 15) is 5.11 Å². The van der Waals surface area contributed by atoms with Crippen molar-refractivity contribution in [2.75, 3.05) is 13.7 Å². The van der Waals surface area contributed by atoms with Crippen molar-refractivity contribution in [3.63, 3.8) is 0 Å². The molecule has 1 N–H and O–H groups in total. The SMILES string of the molecule is COc1ccc(C(O)COc2ccccc2)c(C)c1. The Morgan fingerprint density at radius 2 is 1.79 bits per heavy atom. The summed E-state index contributed by atoms with van der Waals surface area (Å²) in [5.74, 6) is 1.55. The van der Waals surface area contributed by atoms with Crippen LogP contribution in [0.15, 0.2) is 48.5 Å². The fourth-order valence-corrected chi connectivity index (χ4v) is 1.93. The predicted molar refractivity (Wildman–Crippen MR) is 74.6 cm³/mol. The van der Waals surface area contributed by atoms with Gasteiger partial charge in [-0.1, -0.05) is 24.3 Å². The molecule has 0 bridgehead atoms. The van der Waals surface area contributed by atoms with E-state index in [1.165, 1.54) is 0 Å². The molecule has 0 fully saturated rings. The van der Waals surface area contributed by atoms with Gasteiger partial charge in [-0.05, 0) is 42.3 Å². The van der Waals surface area contributed by atoms with Crippen LogP contribution in [0.3, 0.4) is 0 Å². The molecule has 0 saturated carbocycles. The number of aliphatic hydroxyl groups excluding tert-OH is 1. The van der Waals surface area contributed by atoms with Gasteiger partial charge in [0.2, 0.25) is 0 Å². The Bertz CT molecular complexity index is 523. The molecule has 0 aliphatic heterocycles. The maximum atomic E-state index is 10.2. The summed E-state index contributed by atoms with van der Waals surface area (Å²) in [6.07, 6.45) is -0.647. The molecule has 1 atom stereocenters. The predicted octanol–water partition coefficient (Wildman–Crippen LogP) is 3.12. The zero-order valence-corrected chi connectivity index (χ0v) is 11.2. The lowest BCUT2D eigenvalue weighted by Crippen LogP contribution is -2.11. The molecule has 0 saturated heterocycles. The van der Waals surface area contributed by atoms with Gasteiger partial charge < -0.3 is 14.6 Å². The lowest BCUT2D eigenvalue weighted by atomic mass is 10.0. The summed E-state index contributed by atoms with van der Waals surface area (Å²) in [5, 5.41) is 10.2. The van der Waals surface area contributed by atoms with Crippen molar-refractivity contribution in [1.29, 1.82) is 0 Å². The minimum Gasteiger partial charge on any atom is -0.497 e. The minimum atomic E-state index is -0.647. The van der Waals surface area contributed by atoms with Gasteiger partial charge in [-0.25, -0.2) is 0 Å². The monoisotopic (exact) mass is 258 g/mol. The highest BCUT2D eigenvalue weighted by Crippen LogP contribution is 2.23. The number of rotatable bonds is 5. The van der Waals surface area contributed by atoms with Crippen LogP contribution >= 0.6 is 0 Å². The van der Waals surface area contributed by atoms with E-state index in [0.717, 1.165) is 22.6 Å². The van der Waals surface area contributed by atoms with Crippen LogP contribution in [0.4, 0.5) is 0 Å². The molecule has 2 aromatic carbocycles. The number of hydrogen-bond acceptors (Lipinski definition) is 3. The third-order valence-corrected chi connectivity index (χ3v) is 2.99. The first-order chi connectivity index (χ1) is 9.20. The van der Waals surface area contributed by atoms with Gasteiger partial charge in [0.15, 0.2) is 0 Å². The molecular weight excluding hydrogens is 240 g/mol. The maximum Gasteiger partial charge on any atom is 0.119 e. The first kappa shape index (κ1) is 13.4. The van der Waals surface area contributed by atoms with Crippen LogP contribution in [0.1, 0.15) is 17.2 Å². The second kappa shape index (κ2) is 6.25. The molecule has 1 unspecified atom stereocenters. The number of benzene rings is 2. The van der Waals surface area contributed by atoms with Gasteiger partial charge in [0.05, 0.1) is 7.11 Å². The van der Waals surface area contributed by atoms with E-state index < -0.39 is 6.10 Å². The Morgan fingerprint density at radius 1 is 1.05 bits per heavy atom. The molecule has 0 radical (unpaired) electrons. The first-order valence-electron chi connectivity index (χ1n) is 6.21. The molecule has 0 spiro atoms. The zero-order chi connectivity index (χ0) is 13.7. The van der Waals surface area contributed by atoms with Gasteiger partial charge in [-0.2, -0.15) is 0 Å². The fraction of sp³-hybridized carbons (Fsp3) is 0.250. The zero-order valence-electron chi connectivity index (χ0n) is 11.2. The molecule has 0 amide bonds. The first-order valence-corrected chi connectivity index (χ1v) is 6.21. The molecule has 0 heterocycles. The lowest BCUT2D eigenvalue weighted by molar-refractivity contribution is 0.107. The summed E-state index contributed by atoms with van der Waals surface area (Å²) < 4.78 is 10.7. The number of methoxy groups -OCH3 is 1. The molecule has 2 rings (SSSR count). The lowest BCUT2D eigenvalue weighted by Gasteiger charge is -2.15. The van der Waals surface area contributed by atoms with E-state index in [1.54, 1.807) is 7.11 Å². The Labute approximate surface area is 113 Å². The van der Waals surface area contributed by atoms with Crippen LogP contribution in [-0.2, 0) is 0 Å². The van der Waals surface area contributed by atoms with Crippen LogP contribution in [0.5, 0.6) is 11.5 Å². The standard InChI is InChI=1S/C16H18O3/c1-12-10-14(18-2)8-9-15(12)16(17)11-19-13-6-4-3-5-7-13/h3-10,16-17H,11H2,1-2H3. The number of aliphatic hydroxyl groups is 1. The van der Waals surface area contributed by atoms with E-state index in [1.807, 2.05) is 55.5 Å². The normalized spacial score (nSPS) is 11.9. The van der Waals surface area contributed by atoms with Gasteiger partial charge in [-0.3, -0.25) is 0 Å². The van der Waals surface area contributed by atoms with Crippen LogP contribution in [0.25, 0.3) is 0 Å². The molecule has 3 heteroatoms. The largest absolute Gasteiger partial charge is 0.497 e. The Hall–Kier alpha value is -2.00. The van der Waals surface area contributed by atoms with Crippen LogP contribution in [0, 0.1) is 6.92 Å². The van der Waals surface area contributed by atoms with E-state index in [0.29, 0.717) is 0 Å². The van der Waals surface area contributed by atoms with Crippen LogP contribution < -0.4 is 9.47 Å². The average Bonchev–Trinajstić information content (AvgIpc) is 2.45. The minimum absolute atomic E-state index is 0.233. The third kappa shape index (κ3) is 3.48. The third-order valence-electron chi connectivity index (χ3n) is 2.99. The van der Waals surface area contributed by atoms with Crippen molar-refractivity contribution in [2.24, 2.45) is 0 Å². The Morgan fingerprint density at radius 3 is 2.42 bits per heavy atom. The highest BCUT2D eigenvalue weighted by atomic mass is 16.5. The van der Waals surface area contributed by atoms with Crippen molar-refractivity contribution >= 4 is 0 Å². The maximum absolute atomic E-state index is 10.2. The summed E-state index contributed by atoms with van der Waals surface area (Å²) >= 11 is 0. The summed E-state index contributed by atoms with van der Waals surface area (Å²) in [4.78, 5) is 0. The van der Waals surface area contributed by atoms with Gasteiger partial charge >= 0.3 is 0 Å². The Balaban J connectivity index is 2.02. The quantitative estimate of drug-likeness (QED) is 0.895. The second-order valence-electron chi connectivity index (χ2n) is 4.36. The van der Waals surface area contributed by atoms with Crippen molar-refractivity contribution in [1.82, 2.24) is 0 Å². The van der Waals surface area contributed by atoms with E-state index >= 15 is 0 Å². The Kier molecular flexibility index (Phi) is 4.42. The number of aryl methyl sites for hydroxylation is 1. The molecular formula is C16H18O3. The van der Waals surface area contributed by atoms with E-state index in [-0.39, 0.29) is 6.61 Å².